The van der Waals surface area contributed by atoms with E-state index in [4.69, 9.17) is 5.73 Å². The molecule has 0 unspecified atom stereocenters. The Bertz CT molecular complexity index is 753. The van der Waals surface area contributed by atoms with Gasteiger partial charge in [-0.1, -0.05) is 36.4 Å². The number of carbonyl (C=O) groups is 1. The van der Waals surface area contributed by atoms with E-state index in [1.807, 2.05) is 24.3 Å². The van der Waals surface area contributed by atoms with Crippen molar-refractivity contribution in [1.82, 2.24) is 5.32 Å². The van der Waals surface area contributed by atoms with Gasteiger partial charge in [-0.15, -0.1) is 0 Å². The minimum atomic E-state index is -0.116. The Balaban J connectivity index is 1.56. The lowest BCUT2D eigenvalue weighted by atomic mass is 9.88. The fourth-order valence-corrected chi connectivity index (χ4v) is 4.01. The largest absolute Gasteiger partial charge is 0.347 e. The third-order valence-corrected chi connectivity index (χ3v) is 5.24. The maximum absolute atomic E-state index is 12.8. The highest BCUT2D eigenvalue weighted by Gasteiger charge is 2.31. The van der Waals surface area contributed by atoms with E-state index in [1.165, 1.54) is 29.5 Å². The summed E-state index contributed by atoms with van der Waals surface area (Å²) in [5.41, 5.74) is 12.2. The molecule has 118 valence electrons. The molecule has 2 atom stereocenters. The average molecular weight is 306 g/mol. The number of hydrogen-bond acceptors (Lipinski definition) is 2. The molecule has 0 bridgehead atoms. The molecular formula is C20H22N2O. The Hall–Kier alpha value is -2.13. The van der Waals surface area contributed by atoms with Crippen molar-refractivity contribution < 1.29 is 4.79 Å². The highest BCUT2D eigenvalue weighted by atomic mass is 16.1. The number of nitrogens with one attached hydrogen (secondary N) is 1. The molecule has 4 rings (SSSR count). The Morgan fingerprint density at radius 1 is 1.00 bits per heavy atom. The highest BCUT2D eigenvalue weighted by Crippen LogP contribution is 2.30. The van der Waals surface area contributed by atoms with Crippen LogP contribution in [0.4, 0.5) is 0 Å². The summed E-state index contributed by atoms with van der Waals surface area (Å²) in [5.74, 6) is 0.0250. The molecular weight excluding hydrogens is 284 g/mol. The van der Waals surface area contributed by atoms with Crippen molar-refractivity contribution in [3.63, 3.8) is 0 Å². The van der Waals surface area contributed by atoms with Gasteiger partial charge in [-0.3, -0.25) is 4.79 Å². The molecule has 1 amide bonds. The second-order valence-corrected chi connectivity index (χ2v) is 6.66. The maximum atomic E-state index is 12.8. The third kappa shape index (κ3) is 2.55. The lowest BCUT2D eigenvalue weighted by molar-refractivity contribution is 0.0932. The van der Waals surface area contributed by atoms with Crippen molar-refractivity contribution in [3.05, 3.63) is 70.3 Å². The van der Waals surface area contributed by atoms with E-state index in [0.29, 0.717) is 0 Å². The normalized spacial score (nSPS) is 22.3. The molecule has 23 heavy (non-hydrogen) atoms. The lowest BCUT2D eigenvalue weighted by Crippen LogP contribution is -2.41. The first-order valence-electron chi connectivity index (χ1n) is 8.49. The molecule has 3 nitrogen and oxygen atoms in total. The van der Waals surface area contributed by atoms with Gasteiger partial charge in [-0.05, 0) is 60.4 Å². The number of amides is 1. The summed E-state index contributed by atoms with van der Waals surface area (Å²) in [6.07, 6.45) is 5.31. The fraction of sp³-hybridized carbons (Fsp3) is 0.350. The van der Waals surface area contributed by atoms with Crippen LogP contribution in [-0.2, 0) is 19.3 Å². The number of nitrogens with two attached hydrogens (primary N) is 1. The second-order valence-electron chi connectivity index (χ2n) is 6.66. The number of fused-ring (bicyclic) bond motifs is 2. The van der Waals surface area contributed by atoms with Gasteiger partial charge < -0.3 is 11.1 Å². The fourth-order valence-electron chi connectivity index (χ4n) is 4.01. The number of carbonyl (C=O) groups excluding carboxylic acids is 1. The van der Waals surface area contributed by atoms with Gasteiger partial charge in [0.05, 0.1) is 12.1 Å². The van der Waals surface area contributed by atoms with Gasteiger partial charge >= 0.3 is 0 Å². The van der Waals surface area contributed by atoms with Gasteiger partial charge in [-0.2, -0.15) is 0 Å². The Kier molecular flexibility index (Phi) is 3.66. The van der Waals surface area contributed by atoms with Crippen LogP contribution in [0.5, 0.6) is 0 Å². The Morgan fingerprint density at radius 3 is 2.65 bits per heavy atom. The lowest BCUT2D eigenvalue weighted by Gasteiger charge is -2.22. The zero-order chi connectivity index (χ0) is 15.8. The zero-order valence-corrected chi connectivity index (χ0v) is 13.2. The van der Waals surface area contributed by atoms with Crippen LogP contribution in [0.2, 0.25) is 0 Å². The van der Waals surface area contributed by atoms with Crippen LogP contribution < -0.4 is 11.1 Å². The number of aryl methyl sites for hydroxylation is 1. The van der Waals surface area contributed by atoms with Crippen molar-refractivity contribution in [2.45, 2.75) is 44.2 Å². The van der Waals surface area contributed by atoms with E-state index >= 15 is 0 Å². The number of hydrogen-bond donors (Lipinski definition) is 2. The van der Waals surface area contributed by atoms with E-state index in [9.17, 15) is 4.79 Å². The molecule has 0 aliphatic heterocycles. The van der Waals surface area contributed by atoms with Gasteiger partial charge in [-0.25, -0.2) is 0 Å². The summed E-state index contributed by atoms with van der Waals surface area (Å²) < 4.78 is 0. The quantitative estimate of drug-likeness (QED) is 0.896. The molecule has 2 aromatic carbocycles. The summed E-state index contributed by atoms with van der Waals surface area (Å²) >= 11 is 0. The summed E-state index contributed by atoms with van der Waals surface area (Å²) in [7, 11) is 0. The molecule has 0 radical (unpaired) electrons. The third-order valence-electron chi connectivity index (χ3n) is 5.24. The molecule has 0 aromatic heterocycles. The summed E-state index contributed by atoms with van der Waals surface area (Å²) in [6, 6.07) is 14.2. The first-order chi connectivity index (χ1) is 11.2. The highest BCUT2D eigenvalue weighted by molar-refractivity contribution is 5.96. The molecule has 0 spiro atoms. The SMILES string of the molecule is N[C@@H]1c2ccccc2C[C@H]1NC(=O)c1cccc2c1CCCC2. The molecule has 0 fully saturated rings. The summed E-state index contributed by atoms with van der Waals surface area (Å²) in [4.78, 5) is 12.8. The first kappa shape index (κ1) is 14.5. The van der Waals surface area contributed by atoms with E-state index in [-0.39, 0.29) is 18.0 Å². The van der Waals surface area contributed by atoms with E-state index in [2.05, 4.69) is 23.5 Å². The smallest absolute Gasteiger partial charge is 0.251 e. The zero-order valence-electron chi connectivity index (χ0n) is 13.2. The standard InChI is InChI=1S/C20H22N2O/c21-19-16-10-4-2-7-14(16)12-18(19)22-20(23)17-11-5-8-13-6-1-3-9-15(13)17/h2,4-5,7-8,10-11,18-19H,1,3,6,9,12,21H2,(H,22,23)/t18-,19-/m1/s1. The predicted octanol–water partition coefficient (Wildman–Crippen LogP) is 2.92. The van der Waals surface area contributed by atoms with Crippen molar-refractivity contribution in [2.24, 2.45) is 5.73 Å². The predicted molar refractivity (Wildman–Crippen MR) is 91.4 cm³/mol. The molecule has 2 aliphatic carbocycles. The molecule has 3 N–H and O–H groups in total. The van der Waals surface area contributed by atoms with E-state index in [0.717, 1.165) is 30.4 Å². The van der Waals surface area contributed by atoms with Gasteiger partial charge in [0.25, 0.3) is 5.91 Å². The van der Waals surface area contributed by atoms with Crippen LogP contribution in [0.15, 0.2) is 42.5 Å². The summed E-state index contributed by atoms with van der Waals surface area (Å²) in [5, 5.41) is 3.18. The summed E-state index contributed by atoms with van der Waals surface area (Å²) in [6.45, 7) is 0. The average Bonchev–Trinajstić information content (AvgIpc) is 2.90. The van der Waals surface area contributed by atoms with Crippen molar-refractivity contribution in [2.75, 3.05) is 0 Å². The van der Waals surface area contributed by atoms with Crippen LogP contribution in [0.3, 0.4) is 0 Å². The van der Waals surface area contributed by atoms with Gasteiger partial charge in [0.2, 0.25) is 0 Å². The first-order valence-corrected chi connectivity index (χ1v) is 8.49. The van der Waals surface area contributed by atoms with Crippen LogP contribution >= 0.6 is 0 Å². The van der Waals surface area contributed by atoms with Crippen LogP contribution in [0.25, 0.3) is 0 Å². The molecule has 0 saturated heterocycles. The van der Waals surface area contributed by atoms with Crippen LogP contribution in [0, 0.1) is 0 Å². The molecule has 0 heterocycles. The minimum Gasteiger partial charge on any atom is -0.347 e. The minimum absolute atomic E-state index is 0.0145. The van der Waals surface area contributed by atoms with Crippen LogP contribution in [0.1, 0.15) is 51.5 Å². The maximum Gasteiger partial charge on any atom is 0.251 e. The van der Waals surface area contributed by atoms with Crippen molar-refractivity contribution >= 4 is 5.91 Å². The molecule has 0 saturated carbocycles. The number of rotatable bonds is 2. The number of benzene rings is 2. The molecule has 2 aliphatic rings. The van der Waals surface area contributed by atoms with E-state index in [1.54, 1.807) is 0 Å². The monoisotopic (exact) mass is 306 g/mol. The molecule has 3 heteroatoms. The van der Waals surface area contributed by atoms with Gasteiger partial charge in [0.1, 0.15) is 0 Å². The van der Waals surface area contributed by atoms with Gasteiger partial charge in [0.15, 0.2) is 0 Å². The second kappa shape index (κ2) is 5.82. The Morgan fingerprint density at radius 2 is 1.78 bits per heavy atom. The van der Waals surface area contributed by atoms with Crippen molar-refractivity contribution in [1.29, 1.82) is 0 Å². The Labute approximate surface area is 136 Å². The van der Waals surface area contributed by atoms with Gasteiger partial charge in [0, 0.05) is 5.56 Å². The van der Waals surface area contributed by atoms with Crippen molar-refractivity contribution in [3.8, 4) is 0 Å². The van der Waals surface area contributed by atoms with E-state index < -0.39 is 0 Å². The molecule has 2 aromatic rings. The van der Waals surface area contributed by atoms with Crippen LogP contribution in [-0.4, -0.2) is 11.9 Å². The topological polar surface area (TPSA) is 55.1 Å².